The van der Waals surface area contributed by atoms with Gasteiger partial charge in [0, 0.05) is 24.5 Å². The normalized spacial score (nSPS) is 10.8. The molecule has 1 heterocycles. The average molecular weight is 495 g/mol. The Morgan fingerprint density at radius 1 is 1.03 bits per heavy atom. The van der Waals surface area contributed by atoms with Gasteiger partial charge in [-0.25, -0.2) is 19.0 Å². The number of halogens is 4. The van der Waals surface area contributed by atoms with E-state index < -0.39 is 35.6 Å². The topological polar surface area (TPSA) is 124 Å². The summed E-state index contributed by atoms with van der Waals surface area (Å²) >= 11 is 0. The number of esters is 1. The van der Waals surface area contributed by atoms with Crippen molar-refractivity contribution < 1.29 is 41.4 Å². The fourth-order valence-electron chi connectivity index (χ4n) is 2.67. The lowest BCUT2D eigenvalue weighted by Gasteiger charge is -2.14. The lowest BCUT2D eigenvalue weighted by atomic mass is 10.1. The smallest absolute Gasteiger partial charge is 0.465 e. The summed E-state index contributed by atoms with van der Waals surface area (Å²) in [6.45, 7) is 0. The van der Waals surface area contributed by atoms with Gasteiger partial charge in [-0.15, -0.1) is 13.2 Å². The Kier molecular flexibility index (Phi) is 7.53. The standard InChI is InChI=1S/C21H17F4N5O5/c1-26-20(32)34-13-5-3-4-11(8-13)29-19-27-10-15(22)17(30-19)28-12-6-7-16(35-21(23,24)25)14(9-12)18(31)33-2/h3-10H,1-2H3,(H,26,32)(H2,27,28,29,30). The number of benzene rings is 2. The van der Waals surface area contributed by atoms with Crippen LogP contribution in [0.15, 0.2) is 48.7 Å². The van der Waals surface area contributed by atoms with Crippen LogP contribution >= 0.6 is 0 Å². The summed E-state index contributed by atoms with van der Waals surface area (Å²) in [6.07, 6.45) is -4.87. The van der Waals surface area contributed by atoms with Gasteiger partial charge in [-0.2, -0.15) is 4.98 Å². The maximum Gasteiger partial charge on any atom is 0.573 e. The number of amides is 1. The highest BCUT2D eigenvalue weighted by Crippen LogP contribution is 2.31. The molecule has 0 atom stereocenters. The Morgan fingerprint density at radius 2 is 1.77 bits per heavy atom. The van der Waals surface area contributed by atoms with Crippen molar-refractivity contribution in [3.8, 4) is 11.5 Å². The van der Waals surface area contributed by atoms with Crippen LogP contribution in [0.5, 0.6) is 11.5 Å². The van der Waals surface area contributed by atoms with Crippen molar-refractivity contribution >= 4 is 35.2 Å². The fourth-order valence-corrected chi connectivity index (χ4v) is 2.67. The zero-order valence-electron chi connectivity index (χ0n) is 18.1. The minimum atomic E-state index is -5.04. The van der Waals surface area contributed by atoms with Crippen LogP contribution in [-0.2, 0) is 4.74 Å². The molecule has 1 aromatic heterocycles. The van der Waals surface area contributed by atoms with Crippen LogP contribution in [0, 0.1) is 5.82 Å². The first-order chi connectivity index (χ1) is 16.6. The SMILES string of the molecule is CNC(=O)Oc1cccc(Nc2ncc(F)c(Nc3ccc(OC(F)(F)F)c(C(=O)OC)c3)n2)c1. The van der Waals surface area contributed by atoms with Crippen LogP contribution in [0.4, 0.5) is 45.5 Å². The van der Waals surface area contributed by atoms with Crippen molar-refractivity contribution in [2.45, 2.75) is 6.36 Å². The second-order valence-corrected chi connectivity index (χ2v) is 6.56. The van der Waals surface area contributed by atoms with Crippen LogP contribution in [0.3, 0.4) is 0 Å². The van der Waals surface area contributed by atoms with Gasteiger partial charge >= 0.3 is 18.4 Å². The summed E-state index contributed by atoms with van der Waals surface area (Å²) in [7, 11) is 2.38. The van der Waals surface area contributed by atoms with E-state index in [1.807, 2.05) is 0 Å². The maximum absolute atomic E-state index is 14.3. The van der Waals surface area contributed by atoms with Crippen molar-refractivity contribution in [3.63, 3.8) is 0 Å². The highest BCUT2D eigenvalue weighted by molar-refractivity contribution is 5.93. The first kappa shape index (κ1) is 25.0. The van der Waals surface area contributed by atoms with Crippen molar-refractivity contribution in [1.29, 1.82) is 0 Å². The number of carbonyl (C=O) groups excluding carboxylic acids is 2. The summed E-state index contributed by atoms with van der Waals surface area (Å²) in [6, 6.07) is 9.18. The molecule has 0 fully saturated rings. The third-order valence-corrected chi connectivity index (χ3v) is 4.12. The molecule has 0 bridgehead atoms. The van der Waals surface area contributed by atoms with Crippen LogP contribution in [0.2, 0.25) is 0 Å². The number of nitrogens with one attached hydrogen (secondary N) is 3. The lowest BCUT2D eigenvalue weighted by molar-refractivity contribution is -0.274. The van der Waals surface area contributed by atoms with Gasteiger partial charge in [0.2, 0.25) is 5.95 Å². The minimum Gasteiger partial charge on any atom is -0.465 e. The lowest BCUT2D eigenvalue weighted by Crippen LogP contribution is -2.22. The summed E-state index contributed by atoms with van der Waals surface area (Å²) in [5, 5.41) is 7.67. The minimum absolute atomic E-state index is 0.0180. The van der Waals surface area contributed by atoms with E-state index in [1.165, 1.54) is 19.2 Å². The van der Waals surface area contributed by atoms with Crippen LogP contribution in [0.25, 0.3) is 0 Å². The Morgan fingerprint density at radius 3 is 2.46 bits per heavy atom. The molecule has 0 aliphatic heterocycles. The molecule has 0 spiro atoms. The summed E-state index contributed by atoms with van der Waals surface area (Å²) in [5.74, 6) is -2.97. The summed E-state index contributed by atoms with van der Waals surface area (Å²) in [5.41, 5.74) is -0.120. The van der Waals surface area contributed by atoms with Gasteiger partial charge in [-0.05, 0) is 30.3 Å². The van der Waals surface area contributed by atoms with Gasteiger partial charge in [0.15, 0.2) is 11.6 Å². The number of anilines is 4. The number of hydrogen-bond acceptors (Lipinski definition) is 9. The number of ether oxygens (including phenoxy) is 3. The molecule has 3 rings (SSSR count). The molecule has 3 aromatic rings. The van der Waals surface area contributed by atoms with Crippen molar-refractivity contribution in [1.82, 2.24) is 15.3 Å². The number of methoxy groups -OCH3 is 1. The van der Waals surface area contributed by atoms with E-state index in [2.05, 4.69) is 35.4 Å². The molecule has 0 aliphatic carbocycles. The van der Waals surface area contributed by atoms with Crippen molar-refractivity contribution in [3.05, 3.63) is 60.0 Å². The summed E-state index contributed by atoms with van der Waals surface area (Å²) in [4.78, 5) is 31.1. The molecule has 2 aromatic carbocycles. The average Bonchev–Trinajstić information content (AvgIpc) is 2.81. The number of rotatable bonds is 7. The van der Waals surface area contributed by atoms with Crippen molar-refractivity contribution in [2.24, 2.45) is 0 Å². The highest BCUT2D eigenvalue weighted by atomic mass is 19.4. The van der Waals surface area contributed by atoms with Gasteiger partial charge in [0.1, 0.15) is 17.1 Å². The second-order valence-electron chi connectivity index (χ2n) is 6.56. The van der Waals surface area contributed by atoms with E-state index in [-0.39, 0.29) is 23.2 Å². The third kappa shape index (κ3) is 6.93. The van der Waals surface area contributed by atoms with E-state index >= 15 is 0 Å². The van der Waals surface area contributed by atoms with Crippen LogP contribution < -0.4 is 25.4 Å². The molecular weight excluding hydrogens is 478 g/mol. The van der Waals surface area contributed by atoms with Crippen LogP contribution in [0.1, 0.15) is 10.4 Å². The number of carbonyl (C=O) groups is 2. The molecule has 0 saturated heterocycles. The predicted octanol–water partition coefficient (Wildman–Crippen LogP) is 4.51. The fraction of sp³-hybridized carbons (Fsp3) is 0.143. The number of alkyl halides is 3. The number of hydrogen-bond donors (Lipinski definition) is 3. The second kappa shape index (κ2) is 10.5. The van der Waals surface area contributed by atoms with Gasteiger partial charge in [-0.3, -0.25) is 0 Å². The molecule has 35 heavy (non-hydrogen) atoms. The maximum atomic E-state index is 14.3. The summed E-state index contributed by atoms with van der Waals surface area (Å²) < 4.78 is 65.5. The van der Waals surface area contributed by atoms with Gasteiger partial charge in [0.25, 0.3) is 0 Å². The van der Waals surface area contributed by atoms with E-state index in [9.17, 15) is 27.2 Å². The zero-order chi connectivity index (χ0) is 25.6. The largest absolute Gasteiger partial charge is 0.573 e. The Hall–Kier alpha value is -4.62. The molecule has 0 radical (unpaired) electrons. The van der Waals surface area contributed by atoms with Gasteiger partial charge in [0.05, 0.1) is 13.3 Å². The molecular formula is C21H17F4N5O5. The first-order valence-electron chi connectivity index (χ1n) is 9.62. The molecule has 10 nitrogen and oxygen atoms in total. The molecule has 0 unspecified atom stereocenters. The van der Waals surface area contributed by atoms with Crippen LogP contribution in [-0.4, -0.2) is 42.6 Å². The first-order valence-corrected chi connectivity index (χ1v) is 9.62. The van der Waals surface area contributed by atoms with E-state index in [0.717, 1.165) is 31.5 Å². The molecule has 0 aliphatic rings. The molecule has 3 N–H and O–H groups in total. The predicted molar refractivity (Wildman–Crippen MR) is 115 cm³/mol. The molecule has 184 valence electrons. The monoisotopic (exact) mass is 495 g/mol. The highest BCUT2D eigenvalue weighted by Gasteiger charge is 2.33. The molecule has 0 saturated carbocycles. The Balaban J connectivity index is 1.84. The number of aromatic nitrogens is 2. The Labute approximate surface area is 195 Å². The Bertz CT molecular complexity index is 1240. The van der Waals surface area contributed by atoms with E-state index in [4.69, 9.17) is 4.74 Å². The van der Waals surface area contributed by atoms with Crippen molar-refractivity contribution in [2.75, 3.05) is 24.8 Å². The van der Waals surface area contributed by atoms with Gasteiger partial charge < -0.3 is 30.2 Å². The quantitative estimate of drug-likeness (QED) is 0.321. The number of nitrogens with zero attached hydrogens (tertiary/aromatic N) is 2. The van der Waals surface area contributed by atoms with Gasteiger partial charge in [-0.1, -0.05) is 6.07 Å². The zero-order valence-corrected chi connectivity index (χ0v) is 18.1. The molecule has 1 amide bonds. The third-order valence-electron chi connectivity index (χ3n) is 4.12. The van der Waals surface area contributed by atoms with E-state index in [1.54, 1.807) is 12.1 Å². The molecule has 14 heteroatoms. The van der Waals surface area contributed by atoms with E-state index in [0.29, 0.717) is 5.69 Å².